The van der Waals surface area contributed by atoms with Crippen molar-refractivity contribution in [3.05, 3.63) is 27.7 Å². The summed E-state index contributed by atoms with van der Waals surface area (Å²) in [5, 5.41) is 9.43. The first kappa shape index (κ1) is 17.1. The van der Waals surface area contributed by atoms with Crippen LogP contribution in [0.25, 0.3) is 0 Å². The van der Waals surface area contributed by atoms with Crippen LogP contribution in [0.1, 0.15) is 66.3 Å². The third-order valence-corrected chi connectivity index (χ3v) is 6.06. The summed E-state index contributed by atoms with van der Waals surface area (Å²) in [6, 6.07) is 0. The molecule has 3 aliphatic rings. The van der Waals surface area contributed by atoms with Crippen molar-refractivity contribution < 1.29 is 19.4 Å². The van der Waals surface area contributed by atoms with Gasteiger partial charge in [-0.25, -0.2) is 4.79 Å². The number of hydrogen-bond acceptors (Lipinski definition) is 4. The summed E-state index contributed by atoms with van der Waals surface area (Å²) in [4.78, 5) is 39.4. The minimum absolute atomic E-state index is 0.0975. The third kappa shape index (κ3) is 2.44. The molecule has 7 nitrogen and oxygen atoms in total. The fourth-order valence-corrected chi connectivity index (χ4v) is 4.88. The molecule has 1 amide bonds. The van der Waals surface area contributed by atoms with Gasteiger partial charge in [-0.15, -0.1) is 0 Å². The molecule has 4 rings (SSSR count). The monoisotopic (exact) mass is 360 g/mol. The molecule has 0 aromatic carbocycles. The van der Waals surface area contributed by atoms with E-state index >= 15 is 0 Å². The molecule has 0 unspecified atom stereocenters. The third-order valence-electron chi connectivity index (χ3n) is 6.06. The van der Waals surface area contributed by atoms with E-state index in [4.69, 9.17) is 4.74 Å². The number of aromatic nitrogens is 1. The Morgan fingerprint density at radius 2 is 2.23 bits per heavy atom. The van der Waals surface area contributed by atoms with Crippen LogP contribution in [0.15, 0.2) is 11.0 Å². The highest BCUT2D eigenvalue weighted by Crippen LogP contribution is 2.48. The maximum atomic E-state index is 13.3. The number of rotatable bonds is 5. The Morgan fingerprint density at radius 1 is 1.42 bits per heavy atom. The number of carbonyl (C=O) groups excluding carboxylic acids is 1. The van der Waals surface area contributed by atoms with Gasteiger partial charge in [0.15, 0.2) is 11.4 Å². The molecule has 1 N–H and O–H groups in total. The maximum Gasteiger partial charge on any atom is 0.341 e. The molecule has 140 valence electrons. The highest BCUT2D eigenvalue weighted by molar-refractivity contribution is 5.98. The van der Waals surface area contributed by atoms with Gasteiger partial charge in [-0.1, -0.05) is 19.8 Å². The largest absolute Gasteiger partial charge is 0.487 e. The topological polar surface area (TPSA) is 88.8 Å². The molecule has 1 aromatic heterocycles. The minimum Gasteiger partial charge on any atom is -0.487 e. The molecule has 1 saturated heterocycles. The quantitative estimate of drug-likeness (QED) is 0.813. The van der Waals surface area contributed by atoms with E-state index in [0.717, 1.165) is 45.1 Å². The summed E-state index contributed by atoms with van der Waals surface area (Å²) < 4.78 is 7.32. The van der Waals surface area contributed by atoms with Crippen molar-refractivity contribution in [1.29, 1.82) is 0 Å². The number of carboxylic acid groups (broad SMARTS) is 1. The van der Waals surface area contributed by atoms with Crippen LogP contribution >= 0.6 is 0 Å². The van der Waals surface area contributed by atoms with Crippen LogP contribution in [0.2, 0.25) is 0 Å². The van der Waals surface area contributed by atoms with E-state index in [0.29, 0.717) is 19.1 Å². The summed E-state index contributed by atoms with van der Waals surface area (Å²) in [6.07, 6.45) is 7.04. The molecule has 26 heavy (non-hydrogen) atoms. The van der Waals surface area contributed by atoms with Crippen LogP contribution < -0.4 is 10.2 Å². The second kappa shape index (κ2) is 6.14. The SMILES string of the molecule is CCCCOc1c2n(cc(C(=O)O)c1=O)C[C@]13CCC[C@H](CN1C2=O)C3. The average Bonchev–Trinajstić information content (AvgIpc) is 2.86. The molecular formula is C19H24N2O5. The normalized spacial score (nSPS) is 26.4. The van der Waals surface area contributed by atoms with E-state index in [1.807, 2.05) is 11.8 Å². The van der Waals surface area contributed by atoms with Gasteiger partial charge in [0.05, 0.1) is 12.1 Å². The lowest BCUT2D eigenvalue weighted by molar-refractivity contribution is 0.0414. The van der Waals surface area contributed by atoms with Crippen molar-refractivity contribution in [2.45, 2.75) is 57.5 Å². The average molecular weight is 360 g/mol. The van der Waals surface area contributed by atoms with Crippen molar-refractivity contribution in [3.8, 4) is 5.75 Å². The van der Waals surface area contributed by atoms with Crippen LogP contribution in [-0.2, 0) is 6.54 Å². The van der Waals surface area contributed by atoms with Gasteiger partial charge in [0, 0.05) is 19.3 Å². The molecule has 1 aromatic rings. The molecular weight excluding hydrogens is 336 g/mol. The van der Waals surface area contributed by atoms with Gasteiger partial charge in [0.2, 0.25) is 5.43 Å². The highest BCUT2D eigenvalue weighted by Gasteiger charge is 2.54. The molecule has 1 saturated carbocycles. The lowest BCUT2D eigenvalue weighted by Gasteiger charge is -2.44. The van der Waals surface area contributed by atoms with Gasteiger partial charge in [-0.05, 0) is 31.6 Å². The molecule has 3 heterocycles. The zero-order valence-electron chi connectivity index (χ0n) is 15.0. The van der Waals surface area contributed by atoms with Crippen molar-refractivity contribution in [1.82, 2.24) is 9.47 Å². The Bertz CT molecular complexity index is 830. The van der Waals surface area contributed by atoms with Crippen LogP contribution in [0.3, 0.4) is 0 Å². The lowest BCUT2D eigenvalue weighted by Crippen LogP contribution is -2.55. The van der Waals surface area contributed by atoms with E-state index in [1.165, 1.54) is 6.20 Å². The predicted octanol–water partition coefficient (Wildman–Crippen LogP) is 2.12. The number of ether oxygens (including phenoxy) is 1. The van der Waals surface area contributed by atoms with Crippen molar-refractivity contribution in [2.75, 3.05) is 13.2 Å². The van der Waals surface area contributed by atoms with Crippen LogP contribution in [0.5, 0.6) is 5.75 Å². The van der Waals surface area contributed by atoms with Gasteiger partial charge < -0.3 is 19.3 Å². The van der Waals surface area contributed by atoms with Crippen LogP contribution in [0.4, 0.5) is 0 Å². The smallest absolute Gasteiger partial charge is 0.341 e. The predicted molar refractivity (Wildman–Crippen MR) is 93.8 cm³/mol. The first-order chi connectivity index (χ1) is 12.5. The Hall–Kier alpha value is -2.31. The van der Waals surface area contributed by atoms with Gasteiger partial charge in [-0.3, -0.25) is 9.59 Å². The maximum absolute atomic E-state index is 13.3. The first-order valence-corrected chi connectivity index (χ1v) is 9.42. The number of nitrogens with zero attached hydrogens (tertiary/aromatic N) is 2. The molecule has 7 heteroatoms. The molecule has 0 radical (unpaired) electrons. The fourth-order valence-electron chi connectivity index (χ4n) is 4.88. The van der Waals surface area contributed by atoms with Gasteiger partial charge in [0.1, 0.15) is 5.56 Å². The van der Waals surface area contributed by atoms with Crippen LogP contribution in [-0.4, -0.2) is 45.1 Å². The standard InChI is InChI=1S/C19H24N2O5/c1-2-3-7-26-16-14-17(23)21-9-12-5-4-6-19(21,8-12)11-20(14)10-13(15(16)22)18(24)25/h10,12H,2-9,11H2,1H3,(H,24,25)/t12-,19+/m0/s1. The Morgan fingerprint density at radius 3 is 2.96 bits per heavy atom. The molecule has 2 bridgehead atoms. The Kier molecular flexibility index (Phi) is 4.04. The van der Waals surface area contributed by atoms with Gasteiger partial charge >= 0.3 is 5.97 Å². The summed E-state index contributed by atoms with van der Waals surface area (Å²) in [5.41, 5.74) is -1.05. The Labute approximate surface area is 151 Å². The summed E-state index contributed by atoms with van der Waals surface area (Å²) in [7, 11) is 0. The number of carboxylic acids is 1. The van der Waals surface area contributed by atoms with E-state index in [9.17, 15) is 19.5 Å². The number of hydrogen-bond donors (Lipinski definition) is 1. The molecule has 1 spiro atoms. The zero-order chi connectivity index (χ0) is 18.5. The number of carbonyl (C=O) groups is 2. The number of unbranched alkanes of at least 4 members (excludes halogenated alkanes) is 1. The summed E-state index contributed by atoms with van der Waals surface area (Å²) in [6.45, 7) is 3.55. The minimum atomic E-state index is -1.29. The van der Waals surface area contributed by atoms with E-state index in [-0.39, 0.29) is 28.5 Å². The van der Waals surface area contributed by atoms with Crippen molar-refractivity contribution in [2.24, 2.45) is 5.92 Å². The number of pyridine rings is 1. The number of aromatic carboxylic acids is 1. The summed E-state index contributed by atoms with van der Waals surface area (Å²) >= 11 is 0. The molecule has 1 aliphatic carbocycles. The highest BCUT2D eigenvalue weighted by atomic mass is 16.5. The second-order valence-electron chi connectivity index (χ2n) is 7.79. The fraction of sp³-hybridized carbons (Fsp3) is 0.632. The van der Waals surface area contributed by atoms with Gasteiger partial charge in [-0.2, -0.15) is 0 Å². The molecule has 2 atom stereocenters. The van der Waals surface area contributed by atoms with Gasteiger partial charge in [0.25, 0.3) is 5.91 Å². The van der Waals surface area contributed by atoms with E-state index < -0.39 is 11.4 Å². The number of amides is 1. The second-order valence-corrected chi connectivity index (χ2v) is 7.79. The van der Waals surface area contributed by atoms with E-state index in [2.05, 4.69) is 0 Å². The summed E-state index contributed by atoms with van der Waals surface area (Å²) in [5.74, 6) is -1.08. The first-order valence-electron chi connectivity index (χ1n) is 9.42. The molecule has 2 fully saturated rings. The molecule has 2 aliphatic heterocycles. The van der Waals surface area contributed by atoms with E-state index in [1.54, 1.807) is 4.57 Å². The number of fused-ring (bicyclic) bond motifs is 2. The van der Waals surface area contributed by atoms with Crippen molar-refractivity contribution >= 4 is 11.9 Å². The Balaban J connectivity index is 1.84. The van der Waals surface area contributed by atoms with Crippen LogP contribution in [0, 0.1) is 5.92 Å². The zero-order valence-corrected chi connectivity index (χ0v) is 15.0. The lowest BCUT2D eigenvalue weighted by atomic mass is 9.79. The van der Waals surface area contributed by atoms with Crippen molar-refractivity contribution in [3.63, 3.8) is 0 Å².